The van der Waals surface area contributed by atoms with Crippen LogP contribution in [0.5, 0.6) is 0 Å². The minimum absolute atomic E-state index is 0.168. The van der Waals surface area contributed by atoms with E-state index in [1.54, 1.807) is 24.3 Å². The second kappa shape index (κ2) is 7.04. The third-order valence-corrected chi connectivity index (χ3v) is 3.06. The summed E-state index contributed by atoms with van der Waals surface area (Å²) in [5, 5.41) is 3.17. The average Bonchev–Trinajstić information content (AvgIpc) is 2.48. The van der Waals surface area contributed by atoms with Gasteiger partial charge in [-0.15, -0.1) is 0 Å². The van der Waals surface area contributed by atoms with E-state index in [4.69, 9.17) is 11.6 Å². The number of carbonyl (C=O) groups excluding carboxylic acids is 1. The van der Waals surface area contributed by atoms with Crippen molar-refractivity contribution in [1.82, 2.24) is 4.98 Å². The highest BCUT2D eigenvalue weighted by Gasteiger charge is 2.05. The van der Waals surface area contributed by atoms with Crippen LogP contribution >= 0.6 is 11.6 Å². The van der Waals surface area contributed by atoms with Crippen molar-refractivity contribution < 1.29 is 4.79 Å². The van der Waals surface area contributed by atoms with E-state index in [1.165, 1.54) is 6.20 Å². The van der Waals surface area contributed by atoms with Gasteiger partial charge in [-0.3, -0.25) is 4.79 Å². The molecule has 1 N–H and O–H groups in total. The monoisotopic (exact) mass is 300 g/mol. The Bertz CT molecular complexity index is 631. The molecule has 0 atom stereocenters. The second-order valence-electron chi connectivity index (χ2n) is 5.05. The number of nitrogens with zero attached hydrogens (tertiary/aromatic N) is 1. The lowest BCUT2D eigenvalue weighted by molar-refractivity contribution is 0.102. The first-order valence-electron chi connectivity index (χ1n) is 6.76. The van der Waals surface area contributed by atoms with Crippen LogP contribution in [-0.2, 0) is 0 Å². The molecule has 3 nitrogen and oxygen atoms in total. The van der Waals surface area contributed by atoms with Crippen LogP contribution in [-0.4, -0.2) is 10.9 Å². The van der Waals surface area contributed by atoms with Gasteiger partial charge in [0.05, 0.1) is 11.9 Å². The fourth-order valence-electron chi connectivity index (χ4n) is 1.70. The van der Waals surface area contributed by atoms with Gasteiger partial charge in [0.1, 0.15) is 5.15 Å². The average molecular weight is 301 g/mol. The maximum atomic E-state index is 12.1. The standard InChI is InChI=1S/C17H17ClN2O/c1-12(2)3-4-13-5-7-14(8-6-13)17(21)20-15-9-10-16(18)19-11-15/h3-12H,1-2H3,(H,20,21). The highest BCUT2D eigenvalue weighted by molar-refractivity contribution is 6.29. The fourth-order valence-corrected chi connectivity index (χ4v) is 1.81. The summed E-state index contributed by atoms with van der Waals surface area (Å²) < 4.78 is 0. The van der Waals surface area contributed by atoms with E-state index in [-0.39, 0.29) is 5.91 Å². The number of pyridine rings is 1. The Kier molecular flexibility index (Phi) is 5.12. The summed E-state index contributed by atoms with van der Waals surface area (Å²) >= 11 is 5.70. The number of aromatic nitrogens is 1. The minimum Gasteiger partial charge on any atom is -0.321 e. The summed E-state index contributed by atoms with van der Waals surface area (Å²) in [5.41, 5.74) is 2.30. The smallest absolute Gasteiger partial charge is 0.255 e. The largest absolute Gasteiger partial charge is 0.321 e. The Morgan fingerprint density at radius 2 is 1.90 bits per heavy atom. The molecular weight excluding hydrogens is 284 g/mol. The number of allylic oxidation sites excluding steroid dienone is 1. The summed E-state index contributed by atoms with van der Waals surface area (Å²) in [7, 11) is 0. The lowest BCUT2D eigenvalue weighted by atomic mass is 10.1. The molecule has 1 heterocycles. The molecule has 2 aromatic rings. The Balaban J connectivity index is 2.04. The molecule has 1 aromatic heterocycles. The number of benzene rings is 1. The minimum atomic E-state index is -0.168. The molecule has 1 amide bonds. The van der Waals surface area contributed by atoms with Crippen molar-refractivity contribution in [3.8, 4) is 0 Å². The van der Waals surface area contributed by atoms with Gasteiger partial charge in [0.15, 0.2) is 0 Å². The predicted octanol–water partition coefficient (Wildman–Crippen LogP) is 4.66. The van der Waals surface area contributed by atoms with Crippen molar-refractivity contribution in [3.05, 3.63) is 65.0 Å². The number of hydrogen-bond acceptors (Lipinski definition) is 2. The van der Waals surface area contributed by atoms with Crippen LogP contribution in [0.1, 0.15) is 29.8 Å². The molecule has 108 valence electrons. The molecule has 4 heteroatoms. The first-order chi connectivity index (χ1) is 10.0. The molecule has 0 spiro atoms. The highest BCUT2D eigenvalue weighted by atomic mass is 35.5. The van der Waals surface area contributed by atoms with Crippen LogP contribution in [0.3, 0.4) is 0 Å². The van der Waals surface area contributed by atoms with Crippen molar-refractivity contribution in [2.45, 2.75) is 13.8 Å². The predicted molar refractivity (Wildman–Crippen MR) is 87.5 cm³/mol. The number of halogens is 1. The third-order valence-electron chi connectivity index (χ3n) is 2.83. The maximum absolute atomic E-state index is 12.1. The van der Waals surface area contributed by atoms with E-state index in [0.29, 0.717) is 22.3 Å². The molecule has 2 rings (SSSR count). The van der Waals surface area contributed by atoms with Crippen LogP contribution in [0.25, 0.3) is 6.08 Å². The van der Waals surface area contributed by atoms with E-state index in [1.807, 2.05) is 12.1 Å². The number of hydrogen-bond donors (Lipinski definition) is 1. The van der Waals surface area contributed by atoms with Crippen LogP contribution < -0.4 is 5.32 Å². The molecule has 0 saturated carbocycles. The molecule has 0 fully saturated rings. The Morgan fingerprint density at radius 3 is 2.48 bits per heavy atom. The molecule has 0 bridgehead atoms. The van der Waals surface area contributed by atoms with Gasteiger partial charge >= 0.3 is 0 Å². The quantitative estimate of drug-likeness (QED) is 0.835. The van der Waals surface area contributed by atoms with Gasteiger partial charge in [0.2, 0.25) is 0 Å². The van der Waals surface area contributed by atoms with E-state index >= 15 is 0 Å². The SMILES string of the molecule is CC(C)C=Cc1ccc(C(=O)Nc2ccc(Cl)nc2)cc1. The number of nitrogens with one attached hydrogen (secondary N) is 1. The molecule has 0 unspecified atom stereocenters. The van der Waals surface area contributed by atoms with Gasteiger partial charge in [-0.05, 0) is 35.7 Å². The molecule has 21 heavy (non-hydrogen) atoms. The fraction of sp³-hybridized carbons (Fsp3) is 0.176. The zero-order valence-corrected chi connectivity index (χ0v) is 12.8. The Morgan fingerprint density at radius 1 is 1.19 bits per heavy atom. The number of carbonyl (C=O) groups is 1. The molecule has 0 aliphatic carbocycles. The Hall–Kier alpha value is -2.13. The van der Waals surface area contributed by atoms with Gasteiger partial charge in [0, 0.05) is 5.56 Å². The molecule has 0 radical (unpaired) electrons. The summed E-state index contributed by atoms with van der Waals surface area (Å²) in [6, 6.07) is 10.8. The van der Waals surface area contributed by atoms with Gasteiger partial charge in [-0.1, -0.05) is 49.7 Å². The molecular formula is C17H17ClN2O. The van der Waals surface area contributed by atoms with Crippen LogP contribution in [0.15, 0.2) is 48.7 Å². The summed E-state index contributed by atoms with van der Waals surface area (Å²) in [5.74, 6) is 0.337. The lowest BCUT2D eigenvalue weighted by Crippen LogP contribution is -2.11. The van der Waals surface area contributed by atoms with Gasteiger partial charge in [-0.2, -0.15) is 0 Å². The van der Waals surface area contributed by atoms with Crippen molar-refractivity contribution in [2.24, 2.45) is 5.92 Å². The zero-order chi connectivity index (χ0) is 15.2. The number of anilines is 1. The maximum Gasteiger partial charge on any atom is 0.255 e. The molecule has 0 aliphatic heterocycles. The van der Waals surface area contributed by atoms with E-state index in [2.05, 4.69) is 36.3 Å². The van der Waals surface area contributed by atoms with Crippen LogP contribution in [0.4, 0.5) is 5.69 Å². The molecule has 1 aromatic carbocycles. The van der Waals surface area contributed by atoms with Gasteiger partial charge < -0.3 is 5.32 Å². The molecule has 0 aliphatic rings. The highest BCUT2D eigenvalue weighted by Crippen LogP contribution is 2.13. The second-order valence-corrected chi connectivity index (χ2v) is 5.44. The third kappa shape index (κ3) is 4.72. The number of amides is 1. The summed E-state index contributed by atoms with van der Waals surface area (Å²) in [6.45, 7) is 4.25. The Labute approximate surface area is 129 Å². The number of rotatable bonds is 4. The first kappa shape index (κ1) is 15.3. The summed E-state index contributed by atoms with van der Waals surface area (Å²) in [6.07, 6.45) is 5.70. The van der Waals surface area contributed by atoms with Crippen LogP contribution in [0, 0.1) is 5.92 Å². The van der Waals surface area contributed by atoms with Gasteiger partial charge in [0.25, 0.3) is 5.91 Å². The lowest BCUT2D eigenvalue weighted by Gasteiger charge is -2.05. The summed E-state index contributed by atoms with van der Waals surface area (Å²) in [4.78, 5) is 16.0. The van der Waals surface area contributed by atoms with Crippen LogP contribution in [0.2, 0.25) is 5.15 Å². The zero-order valence-electron chi connectivity index (χ0n) is 12.0. The molecule has 0 saturated heterocycles. The topological polar surface area (TPSA) is 42.0 Å². The van der Waals surface area contributed by atoms with Crippen molar-refractivity contribution in [1.29, 1.82) is 0 Å². The van der Waals surface area contributed by atoms with Gasteiger partial charge in [-0.25, -0.2) is 4.98 Å². The first-order valence-corrected chi connectivity index (χ1v) is 7.13. The van der Waals surface area contributed by atoms with Crippen molar-refractivity contribution >= 4 is 29.3 Å². The van der Waals surface area contributed by atoms with E-state index < -0.39 is 0 Å². The van der Waals surface area contributed by atoms with E-state index in [9.17, 15) is 4.79 Å². The van der Waals surface area contributed by atoms with E-state index in [0.717, 1.165) is 5.56 Å². The normalized spacial score (nSPS) is 11.0. The van der Waals surface area contributed by atoms with Crippen molar-refractivity contribution in [3.63, 3.8) is 0 Å². The van der Waals surface area contributed by atoms with Crippen molar-refractivity contribution in [2.75, 3.05) is 5.32 Å².